The standard InChI is InChI=1S/C10H18N2O/c1-6(2)12-10(13)3-7-8-4-11-5-9(7)8/h6-9,11H,3-5H2,1-2H3,(H,12,13)/t7?,8-,9+. The average molecular weight is 182 g/mol. The van der Waals surface area contributed by atoms with E-state index in [9.17, 15) is 4.79 Å². The summed E-state index contributed by atoms with van der Waals surface area (Å²) in [6.45, 7) is 6.27. The molecule has 1 saturated carbocycles. The second-order valence-corrected chi connectivity index (χ2v) is 4.58. The van der Waals surface area contributed by atoms with Crippen molar-refractivity contribution in [1.82, 2.24) is 10.6 Å². The third kappa shape index (κ3) is 1.85. The Hall–Kier alpha value is -0.570. The number of carbonyl (C=O) groups is 1. The van der Waals surface area contributed by atoms with Gasteiger partial charge in [0, 0.05) is 12.5 Å². The maximum absolute atomic E-state index is 11.4. The van der Waals surface area contributed by atoms with Crippen LogP contribution in [0.1, 0.15) is 20.3 Å². The highest BCUT2D eigenvalue weighted by atomic mass is 16.1. The number of carbonyl (C=O) groups excluding carboxylic acids is 1. The van der Waals surface area contributed by atoms with Crippen molar-refractivity contribution < 1.29 is 4.79 Å². The van der Waals surface area contributed by atoms with Gasteiger partial charge in [0.1, 0.15) is 0 Å². The van der Waals surface area contributed by atoms with E-state index in [4.69, 9.17) is 0 Å². The maximum Gasteiger partial charge on any atom is 0.220 e. The topological polar surface area (TPSA) is 41.1 Å². The van der Waals surface area contributed by atoms with Gasteiger partial charge in [0.25, 0.3) is 0 Å². The first-order valence-corrected chi connectivity index (χ1v) is 5.18. The van der Waals surface area contributed by atoms with Gasteiger partial charge in [-0.2, -0.15) is 0 Å². The molecule has 2 N–H and O–H groups in total. The molecule has 1 aliphatic heterocycles. The first-order valence-electron chi connectivity index (χ1n) is 5.18. The Labute approximate surface area is 79.3 Å². The van der Waals surface area contributed by atoms with Crippen molar-refractivity contribution in [2.24, 2.45) is 17.8 Å². The Morgan fingerprint density at radius 2 is 2.08 bits per heavy atom. The van der Waals surface area contributed by atoms with Crippen LogP contribution in [-0.4, -0.2) is 25.0 Å². The second kappa shape index (κ2) is 3.29. The molecule has 1 unspecified atom stereocenters. The Bertz CT molecular complexity index is 205. The lowest BCUT2D eigenvalue weighted by Gasteiger charge is -2.08. The first-order chi connectivity index (χ1) is 6.18. The normalized spacial score (nSPS) is 36.1. The van der Waals surface area contributed by atoms with E-state index in [1.54, 1.807) is 0 Å². The molecule has 0 spiro atoms. The minimum absolute atomic E-state index is 0.231. The van der Waals surface area contributed by atoms with E-state index < -0.39 is 0 Å². The summed E-state index contributed by atoms with van der Waals surface area (Å²) in [7, 11) is 0. The van der Waals surface area contributed by atoms with Crippen molar-refractivity contribution in [1.29, 1.82) is 0 Å². The molecule has 3 atom stereocenters. The number of nitrogens with one attached hydrogen (secondary N) is 2. The van der Waals surface area contributed by atoms with E-state index >= 15 is 0 Å². The summed E-state index contributed by atoms with van der Waals surface area (Å²) in [6.07, 6.45) is 0.745. The summed E-state index contributed by atoms with van der Waals surface area (Å²) in [5.41, 5.74) is 0. The largest absolute Gasteiger partial charge is 0.354 e. The number of piperidine rings is 1. The lowest BCUT2D eigenvalue weighted by atomic mass is 10.2. The molecule has 0 bridgehead atoms. The van der Waals surface area contributed by atoms with Gasteiger partial charge in [-0.15, -0.1) is 0 Å². The van der Waals surface area contributed by atoms with Crippen LogP contribution in [0.3, 0.4) is 0 Å². The maximum atomic E-state index is 11.4. The minimum atomic E-state index is 0.231. The fourth-order valence-electron chi connectivity index (χ4n) is 2.44. The van der Waals surface area contributed by atoms with Crippen LogP contribution < -0.4 is 10.6 Å². The first kappa shape index (κ1) is 9.00. The third-order valence-corrected chi connectivity index (χ3v) is 3.14. The quantitative estimate of drug-likeness (QED) is 0.662. The molecule has 1 aliphatic carbocycles. The van der Waals surface area contributed by atoms with Gasteiger partial charge >= 0.3 is 0 Å². The van der Waals surface area contributed by atoms with E-state index in [0.717, 1.165) is 31.3 Å². The molecule has 1 saturated heterocycles. The van der Waals surface area contributed by atoms with Gasteiger partial charge in [0.05, 0.1) is 0 Å². The molecule has 74 valence electrons. The molecule has 1 amide bonds. The predicted octanol–water partition coefficient (Wildman–Crippen LogP) is 0.366. The fourth-order valence-corrected chi connectivity index (χ4v) is 2.44. The highest BCUT2D eigenvalue weighted by molar-refractivity contribution is 5.76. The number of hydrogen-bond acceptors (Lipinski definition) is 2. The molecule has 2 aliphatic rings. The van der Waals surface area contributed by atoms with Crippen molar-refractivity contribution >= 4 is 5.91 Å². The Balaban J connectivity index is 1.71. The average Bonchev–Trinajstić information content (AvgIpc) is 2.51. The van der Waals surface area contributed by atoms with E-state index in [0.29, 0.717) is 5.92 Å². The molecule has 3 heteroatoms. The number of amides is 1. The molecule has 0 aromatic heterocycles. The molecule has 1 heterocycles. The Morgan fingerprint density at radius 1 is 1.46 bits per heavy atom. The van der Waals surface area contributed by atoms with E-state index in [1.165, 1.54) is 0 Å². The van der Waals surface area contributed by atoms with Crippen molar-refractivity contribution in [3.8, 4) is 0 Å². The molecule has 2 rings (SSSR count). The summed E-state index contributed by atoms with van der Waals surface area (Å²) in [5.74, 6) is 2.52. The van der Waals surface area contributed by atoms with Gasteiger partial charge in [0.2, 0.25) is 5.91 Å². The SMILES string of the molecule is CC(C)NC(=O)CC1[C@H]2CNC[C@@H]12. The van der Waals surface area contributed by atoms with Crippen LogP contribution in [0.25, 0.3) is 0 Å². The molecular formula is C10H18N2O. The lowest BCUT2D eigenvalue weighted by Crippen LogP contribution is -2.31. The molecule has 0 aromatic rings. The van der Waals surface area contributed by atoms with Gasteiger partial charge in [-0.25, -0.2) is 0 Å². The van der Waals surface area contributed by atoms with E-state index in [-0.39, 0.29) is 11.9 Å². The van der Waals surface area contributed by atoms with Crippen LogP contribution in [0.15, 0.2) is 0 Å². The summed E-state index contributed by atoms with van der Waals surface area (Å²) < 4.78 is 0. The van der Waals surface area contributed by atoms with Gasteiger partial charge < -0.3 is 10.6 Å². The lowest BCUT2D eigenvalue weighted by molar-refractivity contribution is -0.122. The highest BCUT2D eigenvalue weighted by Gasteiger charge is 2.52. The summed E-state index contributed by atoms with van der Waals surface area (Å²) in [4.78, 5) is 11.4. The zero-order valence-corrected chi connectivity index (χ0v) is 8.34. The minimum Gasteiger partial charge on any atom is -0.354 e. The Morgan fingerprint density at radius 3 is 2.62 bits per heavy atom. The summed E-state index contributed by atoms with van der Waals surface area (Å²) in [6, 6.07) is 0.282. The smallest absolute Gasteiger partial charge is 0.220 e. The molecule has 3 nitrogen and oxygen atoms in total. The van der Waals surface area contributed by atoms with E-state index in [2.05, 4.69) is 10.6 Å². The van der Waals surface area contributed by atoms with Crippen LogP contribution in [0.4, 0.5) is 0 Å². The van der Waals surface area contributed by atoms with Gasteiger partial charge in [-0.05, 0) is 44.7 Å². The van der Waals surface area contributed by atoms with Crippen LogP contribution in [0.2, 0.25) is 0 Å². The number of hydrogen-bond donors (Lipinski definition) is 2. The van der Waals surface area contributed by atoms with Gasteiger partial charge in [0.15, 0.2) is 0 Å². The monoisotopic (exact) mass is 182 g/mol. The van der Waals surface area contributed by atoms with Crippen LogP contribution >= 0.6 is 0 Å². The Kier molecular flexibility index (Phi) is 2.28. The number of fused-ring (bicyclic) bond motifs is 1. The zero-order chi connectivity index (χ0) is 9.42. The van der Waals surface area contributed by atoms with Crippen LogP contribution in [0, 0.1) is 17.8 Å². The summed E-state index contributed by atoms with van der Waals surface area (Å²) >= 11 is 0. The van der Waals surface area contributed by atoms with Crippen LogP contribution in [0.5, 0.6) is 0 Å². The van der Waals surface area contributed by atoms with Crippen molar-refractivity contribution in [3.63, 3.8) is 0 Å². The third-order valence-electron chi connectivity index (χ3n) is 3.14. The zero-order valence-electron chi connectivity index (χ0n) is 8.34. The number of rotatable bonds is 3. The molecular weight excluding hydrogens is 164 g/mol. The molecule has 2 fully saturated rings. The fraction of sp³-hybridized carbons (Fsp3) is 0.900. The molecule has 0 radical (unpaired) electrons. The van der Waals surface area contributed by atoms with Gasteiger partial charge in [-0.3, -0.25) is 4.79 Å². The highest BCUT2D eigenvalue weighted by Crippen LogP contribution is 2.50. The van der Waals surface area contributed by atoms with Crippen molar-refractivity contribution in [2.45, 2.75) is 26.3 Å². The predicted molar refractivity (Wildman–Crippen MR) is 51.2 cm³/mol. The van der Waals surface area contributed by atoms with Crippen molar-refractivity contribution in [3.05, 3.63) is 0 Å². The van der Waals surface area contributed by atoms with Crippen LogP contribution in [-0.2, 0) is 4.79 Å². The molecule has 13 heavy (non-hydrogen) atoms. The van der Waals surface area contributed by atoms with Gasteiger partial charge in [-0.1, -0.05) is 0 Å². The van der Waals surface area contributed by atoms with E-state index in [1.807, 2.05) is 13.8 Å². The summed E-state index contributed by atoms with van der Waals surface area (Å²) in [5, 5.41) is 6.28. The second-order valence-electron chi connectivity index (χ2n) is 4.58. The molecule has 0 aromatic carbocycles. The van der Waals surface area contributed by atoms with Crippen molar-refractivity contribution in [2.75, 3.05) is 13.1 Å².